The fourth-order valence-electron chi connectivity index (χ4n) is 2.63. The highest BCUT2D eigenvalue weighted by Crippen LogP contribution is 2.26. The molecule has 0 bridgehead atoms. The Bertz CT molecular complexity index is 302. The van der Waals surface area contributed by atoms with Crippen LogP contribution >= 0.6 is 0 Å². The molecule has 0 aliphatic carbocycles. The maximum absolute atomic E-state index is 11.9. The Labute approximate surface area is 117 Å². The normalized spacial score (nSPS) is 21.7. The quantitative estimate of drug-likeness (QED) is 0.800. The summed E-state index contributed by atoms with van der Waals surface area (Å²) in [5, 5.41) is 13.1. The number of hydrogen-bond acceptors (Lipinski definition) is 3. The van der Waals surface area contributed by atoms with E-state index >= 15 is 0 Å². The van der Waals surface area contributed by atoms with E-state index in [0.717, 1.165) is 32.4 Å². The molecule has 0 aromatic carbocycles. The van der Waals surface area contributed by atoms with Gasteiger partial charge in [-0.1, -0.05) is 20.8 Å². The van der Waals surface area contributed by atoms with Crippen LogP contribution in [-0.2, 0) is 4.79 Å². The summed E-state index contributed by atoms with van der Waals surface area (Å²) < 4.78 is 0. The lowest BCUT2D eigenvalue weighted by atomic mass is 9.92. The summed E-state index contributed by atoms with van der Waals surface area (Å²) >= 11 is 0. The first kappa shape index (κ1) is 16.4. The van der Waals surface area contributed by atoms with Crippen LogP contribution in [-0.4, -0.2) is 47.2 Å². The molecule has 0 spiro atoms. The average Bonchev–Trinajstić information content (AvgIpc) is 2.62. The van der Waals surface area contributed by atoms with E-state index < -0.39 is 5.60 Å². The van der Waals surface area contributed by atoms with Crippen LogP contribution in [0.15, 0.2) is 0 Å². The maximum atomic E-state index is 11.9. The monoisotopic (exact) mass is 270 g/mol. The van der Waals surface area contributed by atoms with Crippen molar-refractivity contribution in [1.82, 2.24) is 10.2 Å². The number of nitrogens with zero attached hydrogens (tertiary/aromatic N) is 1. The number of likely N-dealkylation sites (tertiary alicyclic amines) is 1. The molecule has 1 aliphatic rings. The van der Waals surface area contributed by atoms with Gasteiger partial charge in [0.2, 0.25) is 5.91 Å². The van der Waals surface area contributed by atoms with E-state index in [-0.39, 0.29) is 17.4 Å². The van der Waals surface area contributed by atoms with Gasteiger partial charge in [-0.25, -0.2) is 0 Å². The molecule has 0 radical (unpaired) electrons. The molecule has 19 heavy (non-hydrogen) atoms. The molecule has 1 fully saturated rings. The van der Waals surface area contributed by atoms with Gasteiger partial charge in [0.05, 0.1) is 12.1 Å². The zero-order valence-electron chi connectivity index (χ0n) is 13.1. The number of carbonyl (C=O) groups excluding carboxylic acids is 1. The summed E-state index contributed by atoms with van der Waals surface area (Å²) in [6.45, 7) is 12.2. The summed E-state index contributed by atoms with van der Waals surface area (Å²) in [5.41, 5.74) is -0.487. The molecule has 1 unspecified atom stereocenters. The minimum atomic E-state index is -0.734. The molecule has 1 atom stereocenters. The van der Waals surface area contributed by atoms with Crippen LogP contribution in [0, 0.1) is 5.41 Å². The predicted molar refractivity (Wildman–Crippen MR) is 78.0 cm³/mol. The van der Waals surface area contributed by atoms with Crippen LogP contribution in [0.5, 0.6) is 0 Å². The molecule has 0 saturated carbocycles. The molecule has 4 nitrogen and oxygen atoms in total. The minimum absolute atomic E-state index is 0.0698. The van der Waals surface area contributed by atoms with Gasteiger partial charge in [0, 0.05) is 12.6 Å². The van der Waals surface area contributed by atoms with Gasteiger partial charge < -0.3 is 10.4 Å². The number of nitrogens with one attached hydrogen (secondary N) is 1. The number of hydrogen-bond donors (Lipinski definition) is 2. The van der Waals surface area contributed by atoms with Gasteiger partial charge in [-0.3, -0.25) is 9.69 Å². The van der Waals surface area contributed by atoms with Gasteiger partial charge in [-0.15, -0.1) is 0 Å². The van der Waals surface area contributed by atoms with E-state index in [1.165, 1.54) is 0 Å². The van der Waals surface area contributed by atoms with Crippen LogP contribution in [0.4, 0.5) is 0 Å². The summed E-state index contributed by atoms with van der Waals surface area (Å²) in [5.74, 6) is 0.0698. The summed E-state index contributed by atoms with van der Waals surface area (Å²) in [6, 6.07) is 0.0980. The first-order valence-corrected chi connectivity index (χ1v) is 7.33. The second-order valence-corrected chi connectivity index (χ2v) is 7.44. The second-order valence-electron chi connectivity index (χ2n) is 7.44. The predicted octanol–water partition coefficient (Wildman–Crippen LogP) is 1.77. The zero-order valence-corrected chi connectivity index (χ0v) is 13.1. The third-order valence-electron chi connectivity index (χ3n) is 3.72. The fraction of sp³-hybridized carbons (Fsp3) is 0.933. The molecule has 1 rings (SSSR count). The SMILES string of the molecule is CC(C)(C)CCNC(=O)CN1CCCC1C(C)(C)O. The summed E-state index contributed by atoms with van der Waals surface area (Å²) in [7, 11) is 0. The Morgan fingerprint density at radius 1 is 1.32 bits per heavy atom. The summed E-state index contributed by atoms with van der Waals surface area (Å²) in [6.07, 6.45) is 3.01. The molecule has 1 saturated heterocycles. The Kier molecular flexibility index (Phi) is 5.39. The van der Waals surface area contributed by atoms with Gasteiger partial charge in [0.15, 0.2) is 0 Å². The van der Waals surface area contributed by atoms with Crippen molar-refractivity contribution in [2.45, 2.75) is 65.5 Å². The Balaban J connectivity index is 2.36. The number of carbonyl (C=O) groups is 1. The van der Waals surface area contributed by atoms with Gasteiger partial charge in [-0.2, -0.15) is 0 Å². The number of aliphatic hydroxyl groups is 1. The lowest BCUT2D eigenvalue weighted by Gasteiger charge is -2.33. The molecule has 112 valence electrons. The van der Waals surface area contributed by atoms with Crippen LogP contribution in [0.3, 0.4) is 0 Å². The molecule has 1 amide bonds. The Morgan fingerprint density at radius 2 is 1.95 bits per heavy atom. The minimum Gasteiger partial charge on any atom is -0.389 e. The van der Waals surface area contributed by atoms with Crippen molar-refractivity contribution in [3.8, 4) is 0 Å². The zero-order chi connectivity index (χ0) is 14.7. The van der Waals surface area contributed by atoms with Crippen molar-refractivity contribution >= 4 is 5.91 Å². The topological polar surface area (TPSA) is 52.6 Å². The number of amides is 1. The highest BCUT2D eigenvalue weighted by molar-refractivity contribution is 5.78. The van der Waals surface area contributed by atoms with E-state index in [0.29, 0.717) is 6.54 Å². The lowest BCUT2D eigenvalue weighted by molar-refractivity contribution is -0.123. The van der Waals surface area contributed by atoms with Crippen molar-refractivity contribution in [3.05, 3.63) is 0 Å². The molecule has 0 aromatic rings. The van der Waals surface area contributed by atoms with Crippen molar-refractivity contribution in [3.63, 3.8) is 0 Å². The number of rotatable bonds is 5. The second kappa shape index (κ2) is 6.23. The maximum Gasteiger partial charge on any atom is 0.234 e. The third kappa shape index (κ3) is 5.91. The van der Waals surface area contributed by atoms with Crippen molar-refractivity contribution in [2.75, 3.05) is 19.6 Å². The standard InChI is InChI=1S/C15H30N2O2/c1-14(2,3)8-9-16-13(18)11-17-10-6-7-12(17)15(4,5)19/h12,19H,6-11H2,1-5H3,(H,16,18). The Morgan fingerprint density at radius 3 is 2.47 bits per heavy atom. The van der Waals surface area contributed by atoms with Crippen molar-refractivity contribution < 1.29 is 9.90 Å². The first-order valence-electron chi connectivity index (χ1n) is 7.33. The van der Waals surface area contributed by atoms with Gasteiger partial charge in [0.25, 0.3) is 0 Å². The molecule has 4 heteroatoms. The van der Waals surface area contributed by atoms with Crippen LogP contribution < -0.4 is 5.32 Å². The molecule has 2 N–H and O–H groups in total. The van der Waals surface area contributed by atoms with Gasteiger partial charge in [0.1, 0.15) is 0 Å². The van der Waals surface area contributed by atoms with Gasteiger partial charge in [-0.05, 0) is 45.1 Å². The smallest absolute Gasteiger partial charge is 0.234 e. The molecular formula is C15H30N2O2. The van der Waals surface area contributed by atoms with E-state index in [1.54, 1.807) is 0 Å². The highest BCUT2D eigenvalue weighted by atomic mass is 16.3. The molecule has 0 aromatic heterocycles. The van der Waals surface area contributed by atoms with Crippen LogP contribution in [0.2, 0.25) is 0 Å². The fourth-order valence-corrected chi connectivity index (χ4v) is 2.63. The van der Waals surface area contributed by atoms with E-state index in [2.05, 4.69) is 31.0 Å². The third-order valence-corrected chi connectivity index (χ3v) is 3.72. The Hall–Kier alpha value is -0.610. The molecule has 1 heterocycles. The van der Waals surface area contributed by atoms with E-state index in [1.807, 2.05) is 13.8 Å². The highest BCUT2D eigenvalue weighted by Gasteiger charge is 2.36. The largest absolute Gasteiger partial charge is 0.389 e. The van der Waals surface area contributed by atoms with Crippen LogP contribution in [0.1, 0.15) is 53.9 Å². The summed E-state index contributed by atoms with van der Waals surface area (Å²) in [4.78, 5) is 14.0. The molecular weight excluding hydrogens is 240 g/mol. The van der Waals surface area contributed by atoms with Crippen LogP contribution in [0.25, 0.3) is 0 Å². The molecule has 1 aliphatic heterocycles. The van der Waals surface area contributed by atoms with E-state index in [4.69, 9.17) is 0 Å². The van der Waals surface area contributed by atoms with E-state index in [9.17, 15) is 9.90 Å². The van der Waals surface area contributed by atoms with Crippen molar-refractivity contribution in [1.29, 1.82) is 0 Å². The van der Waals surface area contributed by atoms with Gasteiger partial charge >= 0.3 is 0 Å². The lowest BCUT2D eigenvalue weighted by Crippen LogP contribution is -2.49. The average molecular weight is 270 g/mol. The van der Waals surface area contributed by atoms with Crippen molar-refractivity contribution in [2.24, 2.45) is 5.41 Å². The first-order chi connectivity index (χ1) is 8.59.